The van der Waals surface area contributed by atoms with E-state index >= 15 is 0 Å². The van der Waals surface area contributed by atoms with Gasteiger partial charge in [-0.2, -0.15) is 0 Å². The number of carbonyl (C=O) groups is 2. The molecule has 0 unspecified atom stereocenters. The minimum absolute atomic E-state index is 0.156. The fourth-order valence-corrected chi connectivity index (χ4v) is 4.26. The summed E-state index contributed by atoms with van der Waals surface area (Å²) in [6.07, 6.45) is 1.00. The van der Waals surface area contributed by atoms with Crippen LogP contribution in [0.3, 0.4) is 0 Å². The van der Waals surface area contributed by atoms with Crippen LogP contribution in [0.15, 0.2) is 42.5 Å². The van der Waals surface area contributed by atoms with E-state index < -0.39 is 28.5 Å². The lowest BCUT2D eigenvalue weighted by atomic mass is 10.1. The summed E-state index contributed by atoms with van der Waals surface area (Å²) >= 11 is 12.0. The maximum Gasteiger partial charge on any atom is 0.244 e. The molecule has 2 amide bonds. The lowest BCUT2D eigenvalue weighted by Crippen LogP contribution is -2.51. The molecular formula is C22H27Cl2N3O4S. The minimum Gasteiger partial charge on any atom is -0.355 e. The van der Waals surface area contributed by atoms with Crippen LogP contribution in [0.2, 0.25) is 10.0 Å². The van der Waals surface area contributed by atoms with Crippen molar-refractivity contribution in [1.82, 2.24) is 10.2 Å². The summed E-state index contributed by atoms with van der Waals surface area (Å²) < 4.78 is 26.0. The van der Waals surface area contributed by atoms with Crippen molar-refractivity contribution < 1.29 is 18.0 Å². The van der Waals surface area contributed by atoms with Crippen molar-refractivity contribution in [3.05, 3.63) is 63.6 Å². The lowest BCUT2D eigenvalue weighted by molar-refractivity contribution is -0.139. The number of halogens is 2. The van der Waals surface area contributed by atoms with Gasteiger partial charge in [0.05, 0.1) is 22.0 Å². The Morgan fingerprint density at radius 1 is 1.09 bits per heavy atom. The second kappa shape index (κ2) is 11.0. The number of amides is 2. The van der Waals surface area contributed by atoms with Crippen LogP contribution in [0, 0.1) is 6.92 Å². The number of hydrogen-bond donors (Lipinski definition) is 1. The highest BCUT2D eigenvalue weighted by Crippen LogP contribution is 2.28. The molecule has 174 valence electrons. The molecule has 1 atom stereocenters. The molecule has 0 saturated heterocycles. The van der Waals surface area contributed by atoms with E-state index in [1.807, 2.05) is 31.2 Å². The molecule has 0 spiro atoms. The molecule has 0 aliphatic rings. The van der Waals surface area contributed by atoms with Crippen LogP contribution in [-0.4, -0.2) is 50.5 Å². The van der Waals surface area contributed by atoms with Crippen molar-refractivity contribution in [2.45, 2.75) is 33.4 Å². The van der Waals surface area contributed by atoms with E-state index in [1.165, 1.54) is 23.1 Å². The topological polar surface area (TPSA) is 86.8 Å². The molecular weight excluding hydrogens is 473 g/mol. The number of carbonyl (C=O) groups excluding carboxylic acids is 2. The Morgan fingerprint density at radius 2 is 1.75 bits per heavy atom. The second-order valence-corrected chi connectivity index (χ2v) is 10.1. The molecule has 7 nitrogen and oxygen atoms in total. The number of likely N-dealkylation sites (N-methyl/N-ethyl adjacent to an activating group) is 1. The van der Waals surface area contributed by atoms with Gasteiger partial charge in [0.1, 0.15) is 12.6 Å². The summed E-state index contributed by atoms with van der Waals surface area (Å²) in [5.41, 5.74) is 2.02. The van der Waals surface area contributed by atoms with Crippen molar-refractivity contribution in [1.29, 1.82) is 0 Å². The number of rotatable bonds is 9. The highest BCUT2D eigenvalue weighted by atomic mass is 35.5. The average molecular weight is 500 g/mol. The summed E-state index contributed by atoms with van der Waals surface area (Å²) in [5.74, 6) is -0.849. The van der Waals surface area contributed by atoms with Crippen molar-refractivity contribution >= 4 is 50.7 Å². The third kappa shape index (κ3) is 6.60. The number of sulfonamides is 1. The predicted octanol–water partition coefficient (Wildman–Crippen LogP) is 3.62. The van der Waals surface area contributed by atoms with Crippen LogP contribution in [0.25, 0.3) is 0 Å². The molecule has 0 aliphatic carbocycles. The van der Waals surface area contributed by atoms with E-state index in [1.54, 1.807) is 13.8 Å². The van der Waals surface area contributed by atoms with Gasteiger partial charge in [0.2, 0.25) is 21.8 Å². The highest BCUT2D eigenvalue weighted by Gasteiger charge is 2.30. The van der Waals surface area contributed by atoms with Crippen molar-refractivity contribution in [3.8, 4) is 0 Å². The minimum atomic E-state index is -3.83. The summed E-state index contributed by atoms with van der Waals surface area (Å²) in [6.45, 7) is 5.38. The number of hydrogen-bond acceptors (Lipinski definition) is 4. The Hall–Kier alpha value is -2.29. The molecule has 0 heterocycles. The van der Waals surface area contributed by atoms with E-state index in [0.717, 1.165) is 21.7 Å². The standard InChI is InChI=1S/C22H27Cl2N3O4S/c1-5-25-22(29)16(3)26(13-17-9-7-6-8-15(17)2)21(28)14-27(32(4,30)31)18-10-11-19(23)20(24)12-18/h6-12,16H,5,13-14H2,1-4H3,(H,25,29)/t16-/m0/s1. The highest BCUT2D eigenvalue weighted by molar-refractivity contribution is 7.92. The first-order valence-corrected chi connectivity index (χ1v) is 12.6. The molecule has 0 bridgehead atoms. The van der Waals surface area contributed by atoms with Crippen molar-refractivity contribution in [2.75, 3.05) is 23.7 Å². The monoisotopic (exact) mass is 499 g/mol. The van der Waals surface area contributed by atoms with Gasteiger partial charge < -0.3 is 10.2 Å². The van der Waals surface area contributed by atoms with Gasteiger partial charge in [0, 0.05) is 13.1 Å². The molecule has 0 fully saturated rings. The Bertz CT molecular complexity index is 1090. The Kier molecular flexibility index (Phi) is 8.95. The third-order valence-electron chi connectivity index (χ3n) is 4.99. The van der Waals surface area contributed by atoms with Gasteiger partial charge in [-0.05, 0) is 50.1 Å². The smallest absolute Gasteiger partial charge is 0.244 e. The first kappa shape index (κ1) is 26.0. The van der Waals surface area contributed by atoms with Gasteiger partial charge in [-0.1, -0.05) is 47.5 Å². The van der Waals surface area contributed by atoms with Gasteiger partial charge in [0.25, 0.3) is 0 Å². The Morgan fingerprint density at radius 3 is 2.31 bits per heavy atom. The molecule has 2 aromatic rings. The Balaban J connectivity index is 2.42. The van der Waals surface area contributed by atoms with Crippen LogP contribution >= 0.6 is 23.2 Å². The second-order valence-electron chi connectivity index (χ2n) is 7.39. The zero-order valence-electron chi connectivity index (χ0n) is 18.4. The van der Waals surface area contributed by atoms with Crippen LogP contribution in [0.4, 0.5) is 5.69 Å². The maximum atomic E-state index is 13.4. The zero-order valence-corrected chi connectivity index (χ0v) is 20.8. The van der Waals surface area contributed by atoms with E-state index in [9.17, 15) is 18.0 Å². The van der Waals surface area contributed by atoms with Gasteiger partial charge in [0.15, 0.2) is 0 Å². The number of aryl methyl sites for hydroxylation is 1. The zero-order chi connectivity index (χ0) is 24.1. The predicted molar refractivity (Wildman–Crippen MR) is 129 cm³/mol. The molecule has 2 rings (SSSR count). The largest absolute Gasteiger partial charge is 0.355 e. The SMILES string of the molecule is CCNC(=O)[C@H](C)N(Cc1ccccc1C)C(=O)CN(c1ccc(Cl)c(Cl)c1)S(C)(=O)=O. The first-order chi connectivity index (χ1) is 15.0. The molecule has 2 aromatic carbocycles. The average Bonchev–Trinajstić information content (AvgIpc) is 2.72. The van der Waals surface area contributed by atoms with Crippen LogP contribution in [-0.2, 0) is 26.2 Å². The summed E-state index contributed by atoms with van der Waals surface area (Å²) in [4.78, 5) is 27.3. The summed E-state index contributed by atoms with van der Waals surface area (Å²) in [7, 11) is -3.83. The molecule has 10 heteroatoms. The molecule has 0 aliphatic heterocycles. The summed E-state index contributed by atoms with van der Waals surface area (Å²) in [5, 5.41) is 3.14. The molecule has 0 radical (unpaired) electrons. The molecule has 0 saturated carbocycles. The lowest BCUT2D eigenvalue weighted by Gasteiger charge is -2.31. The van der Waals surface area contributed by atoms with E-state index in [0.29, 0.717) is 6.54 Å². The number of anilines is 1. The molecule has 1 N–H and O–H groups in total. The number of nitrogens with one attached hydrogen (secondary N) is 1. The quantitative estimate of drug-likeness (QED) is 0.570. The van der Waals surface area contributed by atoms with Gasteiger partial charge in [-0.25, -0.2) is 8.42 Å². The van der Waals surface area contributed by atoms with Crippen LogP contribution < -0.4 is 9.62 Å². The van der Waals surface area contributed by atoms with Gasteiger partial charge in [-0.3, -0.25) is 13.9 Å². The van der Waals surface area contributed by atoms with E-state index in [4.69, 9.17) is 23.2 Å². The fraction of sp³-hybridized carbons (Fsp3) is 0.364. The first-order valence-electron chi connectivity index (χ1n) is 10.00. The third-order valence-corrected chi connectivity index (χ3v) is 6.87. The Labute approximate surface area is 199 Å². The number of nitrogens with zero attached hydrogens (tertiary/aromatic N) is 2. The van der Waals surface area contributed by atoms with Crippen LogP contribution in [0.5, 0.6) is 0 Å². The summed E-state index contributed by atoms with van der Waals surface area (Å²) in [6, 6.07) is 11.0. The molecule has 32 heavy (non-hydrogen) atoms. The van der Waals surface area contributed by atoms with Crippen LogP contribution in [0.1, 0.15) is 25.0 Å². The van der Waals surface area contributed by atoms with E-state index in [-0.39, 0.29) is 28.2 Å². The maximum absolute atomic E-state index is 13.4. The number of benzene rings is 2. The molecule has 0 aromatic heterocycles. The normalized spacial score (nSPS) is 12.2. The van der Waals surface area contributed by atoms with E-state index in [2.05, 4.69) is 5.32 Å². The van der Waals surface area contributed by atoms with Crippen molar-refractivity contribution in [2.24, 2.45) is 0 Å². The fourth-order valence-electron chi connectivity index (χ4n) is 3.13. The van der Waals surface area contributed by atoms with Gasteiger partial charge >= 0.3 is 0 Å². The van der Waals surface area contributed by atoms with Gasteiger partial charge in [-0.15, -0.1) is 0 Å². The van der Waals surface area contributed by atoms with Crippen molar-refractivity contribution in [3.63, 3.8) is 0 Å².